The number of nitrogens with one attached hydrogen (secondary N) is 1. The van der Waals surface area contributed by atoms with Gasteiger partial charge in [0.1, 0.15) is 11.1 Å². The number of amides is 2. The summed E-state index contributed by atoms with van der Waals surface area (Å²) in [4.78, 5) is 35.3. The van der Waals surface area contributed by atoms with Gasteiger partial charge in [-0.3, -0.25) is 9.59 Å². The summed E-state index contributed by atoms with van der Waals surface area (Å²) in [6, 6.07) is 12.6. The highest BCUT2D eigenvalue weighted by molar-refractivity contribution is 9.10. The predicted octanol–water partition coefficient (Wildman–Crippen LogP) is 2.91. The molecule has 0 bridgehead atoms. The van der Waals surface area contributed by atoms with E-state index in [2.05, 4.69) is 21.2 Å². The monoisotopic (exact) mass is 386 g/mol. The van der Waals surface area contributed by atoms with Gasteiger partial charge in [0.2, 0.25) is 5.91 Å². The molecule has 24 heavy (non-hydrogen) atoms. The minimum atomic E-state index is -0.726. The summed E-state index contributed by atoms with van der Waals surface area (Å²) in [5, 5.41) is 3.21. The van der Waals surface area contributed by atoms with Crippen LogP contribution in [0.1, 0.15) is 20.7 Å². The number of carbonyl (C=O) groups is 2. The number of halogens is 1. The highest BCUT2D eigenvalue weighted by Crippen LogP contribution is 2.20. The third kappa shape index (κ3) is 3.21. The Balaban J connectivity index is 1.91. The molecule has 6 nitrogen and oxygen atoms in total. The summed E-state index contributed by atoms with van der Waals surface area (Å²) in [5.74, 6) is -1.16. The molecule has 0 unspecified atom stereocenters. The van der Waals surface area contributed by atoms with E-state index in [9.17, 15) is 14.4 Å². The first-order valence-corrected chi connectivity index (χ1v) is 7.68. The van der Waals surface area contributed by atoms with Crippen LogP contribution in [0.5, 0.6) is 0 Å². The van der Waals surface area contributed by atoms with Crippen LogP contribution in [0.2, 0.25) is 0 Å². The molecule has 3 rings (SSSR count). The lowest BCUT2D eigenvalue weighted by molar-refractivity contribution is 0.0998. The van der Waals surface area contributed by atoms with Gasteiger partial charge in [-0.15, -0.1) is 0 Å². The second kappa shape index (κ2) is 6.29. The molecule has 0 aliphatic carbocycles. The van der Waals surface area contributed by atoms with Crippen molar-refractivity contribution in [1.82, 2.24) is 0 Å². The molecule has 0 fully saturated rings. The minimum absolute atomic E-state index is 0.112. The molecule has 3 N–H and O–H groups in total. The van der Waals surface area contributed by atoms with E-state index in [4.69, 9.17) is 10.2 Å². The molecule has 0 aliphatic rings. The van der Waals surface area contributed by atoms with Gasteiger partial charge in [0, 0.05) is 21.1 Å². The zero-order valence-corrected chi connectivity index (χ0v) is 13.8. The van der Waals surface area contributed by atoms with E-state index in [1.54, 1.807) is 18.2 Å². The molecule has 0 spiro atoms. The van der Waals surface area contributed by atoms with Gasteiger partial charge in [-0.2, -0.15) is 0 Å². The normalized spacial score (nSPS) is 10.5. The maximum absolute atomic E-state index is 12.3. The average Bonchev–Trinajstić information content (AvgIpc) is 2.55. The molecule has 0 aliphatic heterocycles. The van der Waals surface area contributed by atoms with Crippen LogP contribution in [0.15, 0.2) is 62.2 Å². The summed E-state index contributed by atoms with van der Waals surface area (Å²) in [7, 11) is 0. The number of benzene rings is 2. The van der Waals surface area contributed by atoms with E-state index in [1.807, 2.05) is 0 Å². The summed E-state index contributed by atoms with van der Waals surface area (Å²) in [5.41, 5.74) is 5.47. The van der Waals surface area contributed by atoms with Gasteiger partial charge < -0.3 is 15.5 Å². The topological polar surface area (TPSA) is 102 Å². The van der Waals surface area contributed by atoms with Gasteiger partial charge in [-0.25, -0.2) is 4.79 Å². The van der Waals surface area contributed by atoms with Crippen LogP contribution in [0.4, 0.5) is 5.69 Å². The second-order valence-corrected chi connectivity index (χ2v) is 5.94. The molecule has 1 heterocycles. The summed E-state index contributed by atoms with van der Waals surface area (Å²) in [6.07, 6.45) is 0. The van der Waals surface area contributed by atoms with E-state index in [1.165, 1.54) is 30.3 Å². The summed E-state index contributed by atoms with van der Waals surface area (Å²) in [6.45, 7) is 0. The Bertz CT molecular complexity index is 1010. The van der Waals surface area contributed by atoms with Crippen LogP contribution in [-0.4, -0.2) is 11.8 Å². The fraction of sp³-hybridized carbons (Fsp3) is 0. The molecule has 2 amide bonds. The number of nitrogens with two attached hydrogens (primary N) is 1. The molecule has 0 saturated heterocycles. The molecule has 2 aromatic carbocycles. The van der Waals surface area contributed by atoms with Gasteiger partial charge in [-0.05, 0) is 48.5 Å². The first kappa shape index (κ1) is 15.9. The first-order chi connectivity index (χ1) is 11.4. The highest BCUT2D eigenvalue weighted by atomic mass is 79.9. The Morgan fingerprint density at radius 2 is 1.75 bits per heavy atom. The molecular weight excluding hydrogens is 376 g/mol. The SMILES string of the molecule is NC(=O)c1ccc(NC(=O)c2cc3cc(Br)ccc3oc2=O)cc1. The number of primary amides is 1. The van der Waals surface area contributed by atoms with E-state index in [0.29, 0.717) is 22.2 Å². The molecule has 3 aromatic rings. The lowest BCUT2D eigenvalue weighted by Gasteiger charge is -2.06. The van der Waals surface area contributed by atoms with Crippen LogP contribution in [0, 0.1) is 0 Å². The van der Waals surface area contributed by atoms with Gasteiger partial charge in [0.15, 0.2) is 0 Å². The maximum Gasteiger partial charge on any atom is 0.349 e. The third-order valence-corrected chi connectivity index (χ3v) is 3.86. The molecule has 0 radical (unpaired) electrons. The Labute approximate surface area is 144 Å². The number of carbonyl (C=O) groups excluding carboxylic acids is 2. The van der Waals surface area contributed by atoms with Crippen molar-refractivity contribution in [2.24, 2.45) is 5.73 Å². The highest BCUT2D eigenvalue weighted by Gasteiger charge is 2.14. The number of rotatable bonds is 3. The number of hydrogen-bond acceptors (Lipinski definition) is 4. The summed E-state index contributed by atoms with van der Waals surface area (Å²) < 4.78 is 5.96. The fourth-order valence-electron chi connectivity index (χ4n) is 2.17. The molecule has 7 heteroatoms. The third-order valence-electron chi connectivity index (χ3n) is 3.37. The lowest BCUT2D eigenvalue weighted by Crippen LogP contribution is -2.20. The molecule has 0 saturated carbocycles. The van der Waals surface area contributed by atoms with Gasteiger partial charge >= 0.3 is 5.63 Å². The van der Waals surface area contributed by atoms with E-state index in [0.717, 1.165) is 4.47 Å². The standard InChI is InChI=1S/C17H11BrN2O4/c18-11-3-6-14-10(7-11)8-13(17(23)24-14)16(22)20-12-4-1-9(2-5-12)15(19)21/h1-8H,(H2,19,21)(H,20,22). The number of hydrogen-bond donors (Lipinski definition) is 2. The van der Waals surface area contributed by atoms with Crippen molar-refractivity contribution < 1.29 is 14.0 Å². The average molecular weight is 387 g/mol. The van der Waals surface area contributed by atoms with Crippen molar-refractivity contribution in [3.8, 4) is 0 Å². The Morgan fingerprint density at radius 3 is 2.42 bits per heavy atom. The molecule has 0 atom stereocenters. The maximum atomic E-state index is 12.3. The van der Waals surface area contributed by atoms with Crippen LogP contribution < -0.4 is 16.7 Å². The minimum Gasteiger partial charge on any atom is -0.422 e. The summed E-state index contributed by atoms with van der Waals surface area (Å²) >= 11 is 3.33. The van der Waals surface area contributed by atoms with E-state index in [-0.39, 0.29) is 5.56 Å². The van der Waals surface area contributed by atoms with Crippen molar-refractivity contribution >= 4 is 44.4 Å². The molecular formula is C17H11BrN2O4. The van der Waals surface area contributed by atoms with Crippen LogP contribution in [0.25, 0.3) is 11.0 Å². The quantitative estimate of drug-likeness (QED) is 0.675. The zero-order chi connectivity index (χ0) is 17.3. The Hall–Kier alpha value is -2.93. The smallest absolute Gasteiger partial charge is 0.349 e. The van der Waals surface area contributed by atoms with Gasteiger partial charge in [0.05, 0.1) is 0 Å². The molecule has 120 valence electrons. The van der Waals surface area contributed by atoms with Gasteiger partial charge in [-0.1, -0.05) is 15.9 Å². The van der Waals surface area contributed by atoms with Crippen molar-refractivity contribution in [2.75, 3.05) is 5.32 Å². The van der Waals surface area contributed by atoms with Crippen LogP contribution in [-0.2, 0) is 0 Å². The number of anilines is 1. The zero-order valence-electron chi connectivity index (χ0n) is 12.2. The fourth-order valence-corrected chi connectivity index (χ4v) is 2.55. The number of fused-ring (bicyclic) bond motifs is 1. The van der Waals surface area contributed by atoms with E-state index < -0.39 is 17.4 Å². The Kier molecular flexibility index (Phi) is 4.18. The van der Waals surface area contributed by atoms with Crippen molar-refractivity contribution in [2.45, 2.75) is 0 Å². The van der Waals surface area contributed by atoms with Crippen molar-refractivity contribution in [3.63, 3.8) is 0 Å². The predicted molar refractivity (Wildman–Crippen MR) is 93.1 cm³/mol. The second-order valence-electron chi connectivity index (χ2n) is 5.03. The lowest BCUT2D eigenvalue weighted by atomic mass is 10.1. The Morgan fingerprint density at radius 1 is 1.04 bits per heavy atom. The van der Waals surface area contributed by atoms with Crippen LogP contribution >= 0.6 is 15.9 Å². The first-order valence-electron chi connectivity index (χ1n) is 6.89. The van der Waals surface area contributed by atoms with Crippen molar-refractivity contribution in [3.05, 3.63) is 74.6 Å². The van der Waals surface area contributed by atoms with Crippen LogP contribution in [0.3, 0.4) is 0 Å². The van der Waals surface area contributed by atoms with Crippen molar-refractivity contribution in [1.29, 1.82) is 0 Å². The molecule has 1 aromatic heterocycles. The van der Waals surface area contributed by atoms with E-state index >= 15 is 0 Å². The van der Waals surface area contributed by atoms with Gasteiger partial charge in [0.25, 0.3) is 5.91 Å². The largest absolute Gasteiger partial charge is 0.422 e.